The third-order valence-electron chi connectivity index (χ3n) is 4.43. The molecule has 0 aliphatic heterocycles. The van der Waals surface area contributed by atoms with Gasteiger partial charge in [-0.15, -0.1) is 0 Å². The Hall–Kier alpha value is -3.51. The van der Waals surface area contributed by atoms with E-state index in [1.165, 1.54) is 7.11 Å². The monoisotopic (exact) mass is 424 g/mol. The second-order valence-electron chi connectivity index (χ2n) is 6.49. The summed E-state index contributed by atoms with van der Waals surface area (Å²) in [5, 5.41) is 3.43. The third-order valence-corrected chi connectivity index (χ3v) is 4.80. The van der Waals surface area contributed by atoms with E-state index in [4.69, 9.17) is 26.8 Å². The van der Waals surface area contributed by atoms with Crippen molar-refractivity contribution in [2.75, 3.05) is 7.11 Å². The number of hydrogen-bond donors (Lipinski definition) is 2. The van der Waals surface area contributed by atoms with Crippen molar-refractivity contribution in [2.45, 2.75) is 13.2 Å². The van der Waals surface area contributed by atoms with Crippen LogP contribution >= 0.6 is 11.6 Å². The molecule has 3 aromatic carbocycles. The van der Waals surface area contributed by atoms with Crippen LogP contribution in [0.25, 0.3) is 0 Å². The van der Waals surface area contributed by atoms with Gasteiger partial charge >= 0.3 is 0 Å². The van der Waals surface area contributed by atoms with E-state index in [0.717, 1.165) is 11.1 Å². The summed E-state index contributed by atoms with van der Waals surface area (Å²) < 4.78 is 11.2. The first-order valence-corrected chi connectivity index (χ1v) is 9.57. The molecule has 3 aromatic rings. The summed E-state index contributed by atoms with van der Waals surface area (Å²) in [6, 6.07) is 19.1. The molecule has 0 aromatic heterocycles. The van der Waals surface area contributed by atoms with Crippen molar-refractivity contribution in [3.8, 4) is 11.5 Å². The first kappa shape index (κ1) is 21.2. The highest BCUT2D eigenvalue weighted by Gasteiger charge is 2.12. The van der Waals surface area contributed by atoms with Crippen LogP contribution in [0, 0.1) is 0 Å². The number of nitrogens with two attached hydrogens (primary N) is 1. The quantitative estimate of drug-likeness (QED) is 0.572. The minimum absolute atomic E-state index is 0.257. The molecule has 3 rings (SSSR count). The van der Waals surface area contributed by atoms with Crippen molar-refractivity contribution in [2.24, 2.45) is 5.73 Å². The zero-order valence-corrected chi connectivity index (χ0v) is 17.1. The van der Waals surface area contributed by atoms with Gasteiger partial charge in [-0.1, -0.05) is 41.9 Å². The van der Waals surface area contributed by atoms with Gasteiger partial charge in [0.25, 0.3) is 5.91 Å². The number of hydrogen-bond acceptors (Lipinski definition) is 4. The number of ether oxygens (including phenoxy) is 2. The van der Waals surface area contributed by atoms with Gasteiger partial charge in [-0.25, -0.2) is 0 Å². The molecule has 0 aliphatic carbocycles. The lowest BCUT2D eigenvalue weighted by Gasteiger charge is -2.13. The molecule has 0 spiro atoms. The third kappa shape index (κ3) is 5.30. The van der Waals surface area contributed by atoms with E-state index >= 15 is 0 Å². The predicted molar refractivity (Wildman–Crippen MR) is 115 cm³/mol. The second-order valence-corrected chi connectivity index (χ2v) is 6.90. The van der Waals surface area contributed by atoms with Gasteiger partial charge in [-0.05, 0) is 42.0 Å². The number of halogens is 1. The second kappa shape index (κ2) is 9.80. The van der Waals surface area contributed by atoms with E-state index in [0.29, 0.717) is 27.6 Å². The summed E-state index contributed by atoms with van der Waals surface area (Å²) in [6.07, 6.45) is 0. The molecule has 0 radical (unpaired) electrons. The number of carbonyl (C=O) groups is 2. The van der Waals surface area contributed by atoms with Gasteiger partial charge in [-0.3, -0.25) is 9.59 Å². The molecule has 3 N–H and O–H groups in total. The Kier molecular flexibility index (Phi) is 6.93. The van der Waals surface area contributed by atoms with Crippen molar-refractivity contribution < 1.29 is 19.1 Å². The average Bonchev–Trinajstić information content (AvgIpc) is 2.77. The van der Waals surface area contributed by atoms with Crippen molar-refractivity contribution in [1.82, 2.24) is 5.32 Å². The molecule has 0 aliphatic rings. The van der Waals surface area contributed by atoms with Crippen LogP contribution < -0.4 is 20.5 Å². The van der Waals surface area contributed by atoms with E-state index in [-0.39, 0.29) is 19.1 Å². The lowest BCUT2D eigenvalue weighted by molar-refractivity contribution is 0.0949. The maximum atomic E-state index is 12.5. The number of primary amides is 1. The number of carbonyl (C=O) groups excluding carboxylic acids is 2. The highest BCUT2D eigenvalue weighted by Crippen LogP contribution is 2.29. The lowest BCUT2D eigenvalue weighted by Crippen LogP contribution is -2.23. The van der Waals surface area contributed by atoms with Crippen LogP contribution in [-0.2, 0) is 13.2 Å². The van der Waals surface area contributed by atoms with Gasteiger partial charge in [-0.2, -0.15) is 0 Å². The Bertz CT molecular complexity index is 1070. The average molecular weight is 425 g/mol. The molecule has 2 amide bonds. The van der Waals surface area contributed by atoms with E-state index in [1.54, 1.807) is 48.5 Å². The van der Waals surface area contributed by atoms with Crippen molar-refractivity contribution in [1.29, 1.82) is 0 Å². The van der Waals surface area contributed by atoms with Crippen LogP contribution in [0.4, 0.5) is 0 Å². The number of benzene rings is 3. The first-order valence-electron chi connectivity index (χ1n) is 9.19. The number of methoxy groups -OCH3 is 1. The van der Waals surface area contributed by atoms with Crippen LogP contribution in [0.15, 0.2) is 66.7 Å². The van der Waals surface area contributed by atoms with Crippen LogP contribution in [0.5, 0.6) is 11.5 Å². The lowest BCUT2D eigenvalue weighted by atomic mass is 10.1. The molecular weight excluding hydrogens is 404 g/mol. The molecule has 30 heavy (non-hydrogen) atoms. The van der Waals surface area contributed by atoms with Crippen molar-refractivity contribution in [3.63, 3.8) is 0 Å². The minimum Gasteiger partial charge on any atom is -0.493 e. The molecule has 0 fully saturated rings. The Morgan fingerprint density at radius 3 is 2.50 bits per heavy atom. The smallest absolute Gasteiger partial charge is 0.251 e. The van der Waals surface area contributed by atoms with Crippen molar-refractivity contribution >= 4 is 23.4 Å². The molecule has 0 bridgehead atoms. The largest absolute Gasteiger partial charge is 0.493 e. The standard InChI is InChI=1S/C23H21ClN2O4/c1-29-21-12-17(9-10-20(21)30-14-18-6-2-3-8-19(18)24)23(28)26-13-15-5-4-7-16(11-15)22(25)27/h2-12H,13-14H2,1H3,(H2,25,27)(H,26,28). The Morgan fingerprint density at radius 1 is 0.967 bits per heavy atom. The molecule has 0 saturated heterocycles. The maximum absolute atomic E-state index is 12.5. The number of amides is 2. The summed E-state index contributed by atoms with van der Waals surface area (Å²) in [6.45, 7) is 0.533. The van der Waals surface area contributed by atoms with Crippen LogP contribution in [0.1, 0.15) is 31.8 Å². The minimum atomic E-state index is -0.514. The molecule has 154 valence electrons. The van der Waals surface area contributed by atoms with E-state index < -0.39 is 5.91 Å². The van der Waals surface area contributed by atoms with Gasteiger partial charge in [0.15, 0.2) is 11.5 Å². The Labute approximate surface area is 179 Å². The van der Waals surface area contributed by atoms with E-state index in [9.17, 15) is 9.59 Å². The zero-order chi connectivity index (χ0) is 21.5. The molecule has 0 heterocycles. The molecule has 0 saturated carbocycles. The highest BCUT2D eigenvalue weighted by molar-refractivity contribution is 6.31. The van der Waals surface area contributed by atoms with Crippen LogP contribution in [0.2, 0.25) is 5.02 Å². The fourth-order valence-corrected chi connectivity index (χ4v) is 3.01. The van der Waals surface area contributed by atoms with Gasteiger partial charge in [0.1, 0.15) is 6.61 Å². The Morgan fingerprint density at radius 2 is 1.77 bits per heavy atom. The van der Waals surface area contributed by atoms with E-state index in [1.807, 2.05) is 18.2 Å². The molecule has 7 heteroatoms. The fourth-order valence-electron chi connectivity index (χ4n) is 2.82. The number of rotatable bonds is 8. The topological polar surface area (TPSA) is 90.6 Å². The van der Waals surface area contributed by atoms with Gasteiger partial charge in [0, 0.05) is 28.3 Å². The fraction of sp³-hybridized carbons (Fsp3) is 0.130. The van der Waals surface area contributed by atoms with Crippen LogP contribution in [-0.4, -0.2) is 18.9 Å². The first-order chi connectivity index (χ1) is 14.5. The van der Waals surface area contributed by atoms with Crippen molar-refractivity contribution in [3.05, 3.63) is 94.0 Å². The molecule has 0 unspecified atom stereocenters. The molecular formula is C23H21ClN2O4. The van der Waals surface area contributed by atoms with E-state index in [2.05, 4.69) is 5.32 Å². The van der Waals surface area contributed by atoms with Gasteiger partial charge in [0.05, 0.1) is 7.11 Å². The summed E-state index contributed by atoms with van der Waals surface area (Å²) in [4.78, 5) is 23.8. The zero-order valence-electron chi connectivity index (χ0n) is 16.4. The maximum Gasteiger partial charge on any atom is 0.251 e. The summed E-state index contributed by atoms with van der Waals surface area (Å²) in [5.74, 6) is 0.143. The highest BCUT2D eigenvalue weighted by atomic mass is 35.5. The SMILES string of the molecule is COc1cc(C(=O)NCc2cccc(C(N)=O)c2)ccc1OCc1ccccc1Cl. The normalized spacial score (nSPS) is 10.3. The summed E-state index contributed by atoms with van der Waals surface area (Å²) in [7, 11) is 1.51. The van der Waals surface area contributed by atoms with Gasteiger partial charge < -0.3 is 20.5 Å². The summed E-state index contributed by atoms with van der Waals surface area (Å²) in [5.41, 5.74) is 7.72. The van der Waals surface area contributed by atoms with Crippen LogP contribution in [0.3, 0.4) is 0 Å². The predicted octanol–water partition coefficient (Wildman–Crippen LogP) is 3.96. The van der Waals surface area contributed by atoms with Gasteiger partial charge in [0.2, 0.25) is 5.91 Å². The molecule has 6 nitrogen and oxygen atoms in total. The summed E-state index contributed by atoms with van der Waals surface area (Å²) >= 11 is 6.15. The molecule has 0 atom stereocenters. The number of nitrogens with one attached hydrogen (secondary N) is 1. The Balaban J connectivity index is 1.66.